The molecule has 1 aromatic rings. The van der Waals surface area contributed by atoms with Crippen LogP contribution in [0.15, 0.2) is 18.2 Å². The Kier molecular flexibility index (Phi) is 5.76. The van der Waals surface area contributed by atoms with E-state index in [1.165, 1.54) is 6.07 Å². The van der Waals surface area contributed by atoms with Gasteiger partial charge in [-0.2, -0.15) is 0 Å². The second-order valence-corrected chi connectivity index (χ2v) is 5.01. The second-order valence-electron chi connectivity index (χ2n) is 5.01. The van der Waals surface area contributed by atoms with Gasteiger partial charge in [-0.25, -0.2) is 4.39 Å². The molecule has 0 aromatic heterocycles. The van der Waals surface area contributed by atoms with Crippen molar-refractivity contribution in [3.63, 3.8) is 0 Å². The molecule has 1 aliphatic heterocycles. The number of halogens is 2. The molecule has 1 fully saturated rings. The lowest BCUT2D eigenvalue weighted by molar-refractivity contribution is 0.0925. The Morgan fingerprint density at radius 3 is 2.84 bits per heavy atom. The van der Waals surface area contributed by atoms with Gasteiger partial charge in [0.05, 0.1) is 0 Å². The molecule has 3 nitrogen and oxygen atoms in total. The highest BCUT2D eigenvalue weighted by Gasteiger charge is 2.20. The van der Waals surface area contributed by atoms with E-state index in [-0.39, 0.29) is 30.2 Å². The van der Waals surface area contributed by atoms with E-state index in [4.69, 9.17) is 0 Å². The molecular weight excluding hydrogens is 267 g/mol. The van der Waals surface area contributed by atoms with E-state index < -0.39 is 0 Å². The highest BCUT2D eigenvalue weighted by molar-refractivity contribution is 5.94. The second kappa shape index (κ2) is 6.87. The first-order valence-electron chi connectivity index (χ1n) is 6.36. The van der Waals surface area contributed by atoms with Crippen molar-refractivity contribution >= 4 is 18.3 Å². The maximum Gasteiger partial charge on any atom is 0.251 e. The standard InChI is InChI=1S/C14H19FN2O.ClH/c1-9-3-4-11(8-13(9)15)14(18)17-12-5-6-16-10(2)7-12;/h3-4,8,10,12,16H,5-7H2,1-2H3,(H,17,18);1H. The lowest BCUT2D eigenvalue weighted by Gasteiger charge is -2.28. The average Bonchev–Trinajstić information content (AvgIpc) is 2.32. The summed E-state index contributed by atoms with van der Waals surface area (Å²) in [7, 11) is 0. The van der Waals surface area contributed by atoms with Crippen LogP contribution in [-0.4, -0.2) is 24.5 Å². The van der Waals surface area contributed by atoms with Crippen LogP contribution < -0.4 is 10.6 Å². The van der Waals surface area contributed by atoms with Crippen molar-refractivity contribution in [1.82, 2.24) is 10.6 Å². The Balaban J connectivity index is 0.00000180. The summed E-state index contributed by atoms with van der Waals surface area (Å²) < 4.78 is 13.4. The Hall–Kier alpha value is -1.13. The van der Waals surface area contributed by atoms with E-state index in [1.54, 1.807) is 19.1 Å². The first-order chi connectivity index (χ1) is 8.56. The largest absolute Gasteiger partial charge is 0.349 e. The Bertz CT molecular complexity index is 453. The van der Waals surface area contributed by atoms with Crippen molar-refractivity contribution in [3.8, 4) is 0 Å². The topological polar surface area (TPSA) is 41.1 Å². The monoisotopic (exact) mass is 286 g/mol. The van der Waals surface area contributed by atoms with Crippen molar-refractivity contribution in [3.05, 3.63) is 35.1 Å². The average molecular weight is 287 g/mol. The predicted molar refractivity (Wildman–Crippen MR) is 76.3 cm³/mol. The van der Waals surface area contributed by atoms with Gasteiger partial charge in [0.15, 0.2) is 0 Å². The van der Waals surface area contributed by atoms with Crippen LogP contribution in [0.4, 0.5) is 4.39 Å². The minimum Gasteiger partial charge on any atom is -0.349 e. The van der Waals surface area contributed by atoms with Crippen molar-refractivity contribution in [2.24, 2.45) is 0 Å². The summed E-state index contributed by atoms with van der Waals surface area (Å²) in [5, 5.41) is 6.30. The summed E-state index contributed by atoms with van der Waals surface area (Å²) in [6.07, 6.45) is 1.84. The third kappa shape index (κ3) is 4.18. The van der Waals surface area contributed by atoms with Crippen molar-refractivity contribution in [1.29, 1.82) is 0 Å². The molecule has 1 saturated heterocycles. The maximum absolute atomic E-state index is 13.4. The maximum atomic E-state index is 13.4. The zero-order chi connectivity index (χ0) is 13.1. The molecule has 2 N–H and O–H groups in total. The fourth-order valence-corrected chi connectivity index (χ4v) is 2.27. The number of carbonyl (C=O) groups excluding carboxylic acids is 1. The summed E-state index contributed by atoms with van der Waals surface area (Å²) in [5.41, 5.74) is 0.950. The van der Waals surface area contributed by atoms with Gasteiger partial charge in [0, 0.05) is 17.6 Å². The van der Waals surface area contributed by atoms with Crippen LogP contribution in [0.3, 0.4) is 0 Å². The molecule has 106 valence electrons. The highest BCUT2D eigenvalue weighted by atomic mass is 35.5. The van der Waals surface area contributed by atoms with Gasteiger partial charge in [0.25, 0.3) is 5.91 Å². The fourth-order valence-electron chi connectivity index (χ4n) is 2.27. The molecule has 2 unspecified atom stereocenters. The zero-order valence-corrected chi connectivity index (χ0v) is 12.0. The van der Waals surface area contributed by atoms with Gasteiger partial charge in [0.2, 0.25) is 0 Å². The van der Waals surface area contributed by atoms with Gasteiger partial charge >= 0.3 is 0 Å². The third-order valence-electron chi connectivity index (χ3n) is 3.39. The van der Waals surface area contributed by atoms with Gasteiger partial charge in [-0.05, 0) is 50.9 Å². The van der Waals surface area contributed by atoms with Gasteiger partial charge < -0.3 is 10.6 Å². The molecule has 1 aromatic carbocycles. The number of hydrogen-bond donors (Lipinski definition) is 2. The Morgan fingerprint density at radius 1 is 1.47 bits per heavy atom. The molecular formula is C14H20ClFN2O. The highest BCUT2D eigenvalue weighted by Crippen LogP contribution is 2.12. The molecule has 0 spiro atoms. The number of benzene rings is 1. The van der Waals surface area contributed by atoms with Gasteiger partial charge in [-0.1, -0.05) is 6.07 Å². The van der Waals surface area contributed by atoms with E-state index in [9.17, 15) is 9.18 Å². The number of rotatable bonds is 2. The van der Waals surface area contributed by atoms with Crippen LogP contribution in [-0.2, 0) is 0 Å². The number of nitrogens with one attached hydrogen (secondary N) is 2. The SMILES string of the molecule is Cc1ccc(C(=O)NC2CCNC(C)C2)cc1F.Cl. The van der Waals surface area contributed by atoms with Crippen molar-refractivity contribution in [2.75, 3.05) is 6.54 Å². The van der Waals surface area contributed by atoms with Crippen LogP contribution in [0.1, 0.15) is 35.7 Å². The quantitative estimate of drug-likeness (QED) is 0.877. The van der Waals surface area contributed by atoms with Crippen molar-refractivity contribution in [2.45, 2.75) is 38.8 Å². The molecule has 1 aliphatic rings. The number of hydrogen-bond acceptors (Lipinski definition) is 2. The Morgan fingerprint density at radius 2 is 2.21 bits per heavy atom. The number of aryl methyl sites for hydroxylation is 1. The van der Waals surface area contributed by atoms with E-state index in [0.29, 0.717) is 17.2 Å². The van der Waals surface area contributed by atoms with Gasteiger partial charge in [-0.15, -0.1) is 12.4 Å². The summed E-state index contributed by atoms with van der Waals surface area (Å²) in [4.78, 5) is 12.0. The molecule has 1 heterocycles. The molecule has 1 amide bonds. The number of carbonyl (C=O) groups is 1. The summed E-state index contributed by atoms with van der Waals surface area (Å²) in [6, 6.07) is 5.19. The minimum absolute atomic E-state index is 0. The number of amides is 1. The van der Waals surface area contributed by atoms with E-state index >= 15 is 0 Å². The molecule has 2 rings (SSSR count). The molecule has 5 heteroatoms. The summed E-state index contributed by atoms with van der Waals surface area (Å²) in [6.45, 7) is 4.70. The fraction of sp³-hybridized carbons (Fsp3) is 0.500. The van der Waals surface area contributed by atoms with Crippen LogP contribution in [0.5, 0.6) is 0 Å². The normalized spacial score (nSPS) is 22.5. The zero-order valence-electron chi connectivity index (χ0n) is 11.2. The first-order valence-corrected chi connectivity index (χ1v) is 6.36. The van der Waals surface area contributed by atoms with E-state index in [1.807, 2.05) is 0 Å². The lowest BCUT2D eigenvalue weighted by Crippen LogP contribution is -2.46. The minimum atomic E-state index is -0.332. The van der Waals surface area contributed by atoms with Crippen LogP contribution >= 0.6 is 12.4 Å². The molecule has 2 atom stereocenters. The smallest absolute Gasteiger partial charge is 0.251 e. The van der Waals surface area contributed by atoms with E-state index in [0.717, 1.165) is 19.4 Å². The molecule has 0 bridgehead atoms. The van der Waals surface area contributed by atoms with E-state index in [2.05, 4.69) is 17.6 Å². The molecule has 19 heavy (non-hydrogen) atoms. The van der Waals surface area contributed by atoms with Gasteiger partial charge in [0.1, 0.15) is 5.82 Å². The van der Waals surface area contributed by atoms with Crippen molar-refractivity contribution < 1.29 is 9.18 Å². The van der Waals surface area contributed by atoms with Gasteiger partial charge in [-0.3, -0.25) is 4.79 Å². The Labute approximate surface area is 119 Å². The summed E-state index contributed by atoms with van der Waals surface area (Å²) >= 11 is 0. The lowest BCUT2D eigenvalue weighted by atomic mass is 10.00. The first kappa shape index (κ1) is 15.9. The molecule has 0 aliphatic carbocycles. The van der Waals surface area contributed by atoms with Crippen LogP contribution in [0.2, 0.25) is 0 Å². The third-order valence-corrected chi connectivity index (χ3v) is 3.39. The number of piperidine rings is 1. The summed E-state index contributed by atoms with van der Waals surface area (Å²) in [5.74, 6) is -0.519. The predicted octanol–water partition coefficient (Wildman–Crippen LogP) is 2.43. The molecule has 0 saturated carbocycles. The van der Waals surface area contributed by atoms with Crippen LogP contribution in [0, 0.1) is 12.7 Å². The molecule has 0 radical (unpaired) electrons. The van der Waals surface area contributed by atoms with Crippen LogP contribution in [0.25, 0.3) is 0 Å².